The van der Waals surface area contributed by atoms with Crippen LogP contribution in [0.1, 0.15) is 38.5 Å². The highest BCUT2D eigenvalue weighted by Crippen LogP contribution is 2.17. The number of unbranched alkanes of at least 4 members (excludes halogenated alkanes) is 2. The number of likely N-dealkylation sites (tertiary alicyclic amines) is 1. The Balaban J connectivity index is 1.64. The predicted molar refractivity (Wildman–Crippen MR) is 85.8 cm³/mol. The number of amides is 2. The fourth-order valence-corrected chi connectivity index (χ4v) is 2.38. The van der Waals surface area contributed by atoms with Crippen LogP contribution in [-0.2, 0) is 19.2 Å². The smallest absolute Gasteiger partial charge is 0.334 e. The number of hydrogen-bond acceptors (Lipinski definition) is 8. The van der Waals surface area contributed by atoms with Crippen molar-refractivity contribution in [3.8, 4) is 0 Å². The Kier molecular flexibility index (Phi) is 6.07. The van der Waals surface area contributed by atoms with E-state index in [9.17, 15) is 14.4 Å². The molecular formula is C15H21N5O4. The van der Waals surface area contributed by atoms with Gasteiger partial charge >= 0.3 is 5.97 Å². The highest BCUT2D eigenvalue weighted by Gasteiger charge is 2.27. The van der Waals surface area contributed by atoms with Gasteiger partial charge in [-0.3, -0.25) is 14.5 Å². The van der Waals surface area contributed by atoms with Crippen LogP contribution in [-0.4, -0.2) is 34.2 Å². The standard InChI is InChI=1S/C15H21N5O4/c16-11-5-4-9-18-15(11)20(17)24-14(23)6-2-1-3-10-19-12(21)7-8-13(19)22/h4-5,9H,1-3,6-8,10,16-17H2. The number of imide groups is 1. The number of hydrazine groups is 1. The Morgan fingerprint density at radius 2 is 1.96 bits per heavy atom. The van der Waals surface area contributed by atoms with E-state index in [-0.39, 0.29) is 24.1 Å². The molecule has 0 radical (unpaired) electrons. The molecule has 0 atom stereocenters. The number of aromatic nitrogens is 1. The van der Waals surface area contributed by atoms with E-state index in [0.717, 1.165) is 5.17 Å². The average molecular weight is 335 g/mol. The van der Waals surface area contributed by atoms with Crippen LogP contribution in [0, 0.1) is 0 Å². The minimum atomic E-state index is -0.504. The summed E-state index contributed by atoms with van der Waals surface area (Å²) in [6.45, 7) is 0.403. The number of nitrogens with zero attached hydrogens (tertiary/aromatic N) is 3. The summed E-state index contributed by atoms with van der Waals surface area (Å²) >= 11 is 0. The lowest BCUT2D eigenvalue weighted by Crippen LogP contribution is -2.35. The lowest BCUT2D eigenvalue weighted by atomic mass is 10.2. The third-order valence-electron chi connectivity index (χ3n) is 3.64. The first-order valence-electron chi connectivity index (χ1n) is 7.78. The summed E-state index contributed by atoms with van der Waals surface area (Å²) in [5.74, 6) is 5.03. The monoisotopic (exact) mass is 335 g/mol. The zero-order valence-electron chi connectivity index (χ0n) is 13.3. The average Bonchev–Trinajstić information content (AvgIpc) is 2.86. The number of carbonyl (C=O) groups is 3. The molecular weight excluding hydrogens is 314 g/mol. The number of hydrogen-bond donors (Lipinski definition) is 2. The van der Waals surface area contributed by atoms with Crippen molar-refractivity contribution >= 4 is 29.3 Å². The fourth-order valence-electron chi connectivity index (χ4n) is 2.38. The Bertz CT molecular complexity index is 606. The molecule has 1 aliphatic heterocycles. The Hall–Kier alpha value is -2.68. The molecule has 1 aliphatic rings. The zero-order chi connectivity index (χ0) is 17.5. The number of pyridine rings is 1. The molecule has 0 spiro atoms. The van der Waals surface area contributed by atoms with Gasteiger partial charge in [0, 0.05) is 32.0 Å². The van der Waals surface area contributed by atoms with Crippen LogP contribution < -0.4 is 16.7 Å². The van der Waals surface area contributed by atoms with Gasteiger partial charge in [0.05, 0.1) is 5.69 Å². The van der Waals surface area contributed by atoms with Crippen molar-refractivity contribution in [1.29, 1.82) is 0 Å². The number of anilines is 2. The molecule has 9 nitrogen and oxygen atoms in total. The molecule has 1 aromatic heterocycles. The summed E-state index contributed by atoms with van der Waals surface area (Å²) in [4.78, 5) is 44.8. The van der Waals surface area contributed by atoms with Gasteiger partial charge in [0.1, 0.15) is 0 Å². The van der Waals surface area contributed by atoms with Gasteiger partial charge in [0.25, 0.3) is 0 Å². The van der Waals surface area contributed by atoms with Gasteiger partial charge in [-0.1, -0.05) is 6.42 Å². The summed E-state index contributed by atoms with van der Waals surface area (Å²) in [7, 11) is 0. The molecule has 0 aromatic carbocycles. The Labute approximate surface area is 139 Å². The number of nitrogen functional groups attached to an aromatic ring is 1. The second-order valence-corrected chi connectivity index (χ2v) is 5.46. The molecule has 2 heterocycles. The van der Waals surface area contributed by atoms with Crippen LogP contribution in [0.5, 0.6) is 0 Å². The van der Waals surface area contributed by atoms with Crippen molar-refractivity contribution in [2.45, 2.75) is 38.5 Å². The van der Waals surface area contributed by atoms with Crippen LogP contribution in [0.3, 0.4) is 0 Å². The van der Waals surface area contributed by atoms with Crippen molar-refractivity contribution in [3.05, 3.63) is 18.3 Å². The largest absolute Gasteiger partial charge is 0.396 e. The summed E-state index contributed by atoms with van der Waals surface area (Å²) in [6, 6.07) is 3.24. The van der Waals surface area contributed by atoms with Crippen LogP contribution in [0.15, 0.2) is 18.3 Å². The van der Waals surface area contributed by atoms with Gasteiger partial charge in [-0.15, -0.1) is 5.17 Å². The second-order valence-electron chi connectivity index (χ2n) is 5.46. The van der Waals surface area contributed by atoms with Crippen LogP contribution in [0.4, 0.5) is 11.5 Å². The molecule has 9 heteroatoms. The van der Waals surface area contributed by atoms with Gasteiger partial charge in [-0.25, -0.2) is 15.6 Å². The van der Waals surface area contributed by atoms with E-state index < -0.39 is 5.97 Å². The summed E-state index contributed by atoms with van der Waals surface area (Å²) in [5, 5.41) is 0.749. The maximum atomic E-state index is 11.7. The predicted octanol–water partition coefficient (Wildman–Crippen LogP) is 0.511. The topological polar surface area (TPSA) is 132 Å². The van der Waals surface area contributed by atoms with Crippen molar-refractivity contribution in [2.75, 3.05) is 17.5 Å². The van der Waals surface area contributed by atoms with E-state index in [1.165, 1.54) is 11.1 Å². The maximum Gasteiger partial charge on any atom is 0.334 e. The van der Waals surface area contributed by atoms with Gasteiger partial charge in [-0.2, -0.15) is 0 Å². The van der Waals surface area contributed by atoms with E-state index in [0.29, 0.717) is 44.3 Å². The summed E-state index contributed by atoms with van der Waals surface area (Å²) < 4.78 is 0. The first-order valence-corrected chi connectivity index (χ1v) is 7.78. The highest BCUT2D eigenvalue weighted by molar-refractivity contribution is 6.01. The Morgan fingerprint density at radius 3 is 2.62 bits per heavy atom. The van der Waals surface area contributed by atoms with E-state index >= 15 is 0 Å². The van der Waals surface area contributed by atoms with E-state index in [1.54, 1.807) is 12.1 Å². The zero-order valence-corrected chi connectivity index (χ0v) is 13.3. The molecule has 4 N–H and O–H groups in total. The van der Waals surface area contributed by atoms with Gasteiger partial charge < -0.3 is 10.6 Å². The molecule has 1 fully saturated rings. The molecule has 1 aromatic rings. The molecule has 1 saturated heterocycles. The summed E-state index contributed by atoms with van der Waals surface area (Å²) in [6.07, 6.45) is 4.18. The van der Waals surface area contributed by atoms with Crippen LogP contribution in [0.25, 0.3) is 0 Å². The third-order valence-corrected chi connectivity index (χ3v) is 3.64. The van der Waals surface area contributed by atoms with E-state index in [1.807, 2.05) is 0 Å². The molecule has 2 rings (SSSR count). The van der Waals surface area contributed by atoms with Gasteiger partial charge in [-0.05, 0) is 25.0 Å². The van der Waals surface area contributed by atoms with Crippen LogP contribution >= 0.6 is 0 Å². The van der Waals surface area contributed by atoms with E-state index in [4.69, 9.17) is 16.4 Å². The van der Waals surface area contributed by atoms with Gasteiger partial charge in [0.2, 0.25) is 17.6 Å². The maximum absolute atomic E-state index is 11.7. The quantitative estimate of drug-likeness (QED) is 0.304. The van der Waals surface area contributed by atoms with E-state index in [2.05, 4.69) is 4.98 Å². The van der Waals surface area contributed by atoms with Crippen molar-refractivity contribution in [1.82, 2.24) is 9.88 Å². The lowest BCUT2D eigenvalue weighted by molar-refractivity contribution is -0.145. The first-order chi connectivity index (χ1) is 11.5. The Morgan fingerprint density at radius 1 is 1.25 bits per heavy atom. The number of rotatable bonds is 8. The van der Waals surface area contributed by atoms with Crippen molar-refractivity contribution < 1.29 is 19.2 Å². The molecule has 0 unspecified atom stereocenters. The molecule has 2 amide bonds. The van der Waals surface area contributed by atoms with Crippen molar-refractivity contribution in [2.24, 2.45) is 5.84 Å². The highest BCUT2D eigenvalue weighted by atomic mass is 16.7. The first kappa shape index (κ1) is 17.7. The molecule has 24 heavy (non-hydrogen) atoms. The summed E-state index contributed by atoms with van der Waals surface area (Å²) in [5.41, 5.74) is 5.98. The fraction of sp³-hybridized carbons (Fsp3) is 0.467. The normalized spacial score (nSPS) is 14.1. The minimum absolute atomic E-state index is 0.119. The third kappa shape index (κ3) is 4.66. The lowest BCUT2D eigenvalue weighted by Gasteiger charge is -2.17. The SMILES string of the molecule is Nc1cccnc1N(N)OC(=O)CCCCCN1C(=O)CCC1=O. The number of carbonyl (C=O) groups excluding carboxylic acids is 3. The molecule has 0 saturated carbocycles. The number of nitrogens with two attached hydrogens (primary N) is 2. The van der Waals surface area contributed by atoms with Crippen LogP contribution in [0.2, 0.25) is 0 Å². The van der Waals surface area contributed by atoms with Gasteiger partial charge in [0.15, 0.2) is 0 Å². The molecule has 0 aliphatic carbocycles. The second kappa shape index (κ2) is 8.25. The molecule has 0 bridgehead atoms. The van der Waals surface area contributed by atoms with Crippen molar-refractivity contribution in [3.63, 3.8) is 0 Å². The molecule has 130 valence electrons. The minimum Gasteiger partial charge on any atom is -0.396 e.